The third-order valence-electron chi connectivity index (χ3n) is 20.8. The Morgan fingerprint density at radius 2 is 1.35 bits per heavy atom. The molecule has 34 nitrogen and oxygen atoms in total. The number of aromatic carboxylic acids is 2. The van der Waals surface area contributed by atoms with Crippen LogP contribution in [0.5, 0.6) is 0 Å². The second kappa shape index (κ2) is 33.1. The number of aliphatic hydroxyl groups is 2. The van der Waals surface area contributed by atoms with Gasteiger partial charge in [-0.3, -0.25) is 43.3 Å². The predicted octanol–water partition coefficient (Wildman–Crippen LogP) is 3.90. The topological polar surface area (TPSA) is 519 Å². The largest absolute Gasteiger partial charge is 0.480 e. The molecule has 13 N–H and O–H groups in total. The third kappa shape index (κ3) is 16.6. The Morgan fingerprint density at radius 3 is 1.98 bits per heavy atom. The van der Waals surface area contributed by atoms with Crippen LogP contribution in [0.1, 0.15) is 152 Å². The van der Waals surface area contributed by atoms with Crippen molar-refractivity contribution in [1.29, 1.82) is 0 Å². The van der Waals surface area contributed by atoms with Gasteiger partial charge in [0, 0.05) is 74.0 Å². The van der Waals surface area contributed by atoms with E-state index < -0.39 is 215 Å². The SMILES string of the molecule is CC(=O)O[C@H]1C(=O)[C@]2(C)[C@@H](OC(=O)c3cc(C(=O)O)c(C(=O)NCCNC(=O)CC[C@H](NC(=O)c4ccc(NCc5cnc6nc(N)[nH]c(=O)c6n5)cc4)C(=O)O)cc3C(=O)O)C[C@H]3OC[C@@]3(OC(C)=O)[C@H]2[C@H](OC#Cc2ccccc2)[C@]2(O)C[C@H](OC(=O)[C@H](O)[C@@H](NC(=O)c3ccccc3)c3ccccc3)C(C)=C1C2(C)C. The maximum absolute atomic E-state index is 16.7. The molecule has 0 radical (unpaired) electrons. The molecule has 1 saturated heterocycles. The quantitative estimate of drug-likeness (QED) is 0.0120. The summed E-state index contributed by atoms with van der Waals surface area (Å²) in [6.45, 7) is 6.37. The van der Waals surface area contributed by atoms with E-state index in [2.05, 4.69) is 58.5 Å². The van der Waals surface area contributed by atoms with Gasteiger partial charge in [0.2, 0.25) is 11.9 Å². The first-order valence-electron chi connectivity index (χ1n) is 35.4. The lowest BCUT2D eigenvalue weighted by molar-refractivity contribution is -0.345. The minimum Gasteiger partial charge on any atom is -0.480 e. The van der Waals surface area contributed by atoms with E-state index in [1.807, 2.05) is 0 Å². The number of fused-ring (bicyclic) bond motifs is 6. The first-order valence-corrected chi connectivity index (χ1v) is 35.4. The van der Waals surface area contributed by atoms with Crippen molar-refractivity contribution in [1.82, 2.24) is 41.2 Å². The van der Waals surface area contributed by atoms with Crippen molar-refractivity contribution in [3.63, 3.8) is 0 Å². The van der Waals surface area contributed by atoms with E-state index in [9.17, 15) is 78.3 Å². The minimum atomic E-state index is -2.60. The van der Waals surface area contributed by atoms with Crippen LogP contribution in [-0.4, -0.2) is 190 Å². The molecule has 588 valence electrons. The first kappa shape index (κ1) is 80.7. The number of esters is 4. The van der Waals surface area contributed by atoms with E-state index >= 15 is 9.59 Å². The van der Waals surface area contributed by atoms with Crippen LogP contribution in [0.25, 0.3) is 11.2 Å². The molecule has 11 rings (SSSR count). The normalized spacial score (nSPS) is 22.6. The number of hydrogen-bond acceptors (Lipinski definition) is 26. The minimum absolute atomic E-state index is 0.00758. The molecule has 7 aromatic rings. The van der Waals surface area contributed by atoms with Crippen molar-refractivity contribution in [3.05, 3.63) is 205 Å². The number of ketones is 1. The van der Waals surface area contributed by atoms with Gasteiger partial charge >= 0.3 is 41.8 Å². The fourth-order valence-corrected chi connectivity index (χ4v) is 15.1. The van der Waals surface area contributed by atoms with Crippen LogP contribution in [0.4, 0.5) is 11.6 Å². The van der Waals surface area contributed by atoms with Crippen LogP contribution >= 0.6 is 0 Å². The zero-order chi connectivity index (χ0) is 81.6. The number of amides is 4. The number of carbonyl (C=O) groups excluding carboxylic acids is 9. The molecular weight excluding hydrogens is 1470 g/mol. The van der Waals surface area contributed by atoms with Crippen molar-refractivity contribution in [2.24, 2.45) is 16.7 Å². The van der Waals surface area contributed by atoms with E-state index in [4.69, 9.17) is 34.2 Å². The van der Waals surface area contributed by atoms with Crippen molar-refractivity contribution in [2.75, 3.05) is 30.7 Å². The van der Waals surface area contributed by atoms with Crippen molar-refractivity contribution < 1.29 is 111 Å². The van der Waals surface area contributed by atoms with E-state index in [1.165, 1.54) is 70.3 Å². The summed E-state index contributed by atoms with van der Waals surface area (Å²) in [4.78, 5) is 194. The Labute approximate surface area is 642 Å². The van der Waals surface area contributed by atoms with Gasteiger partial charge in [-0.05, 0) is 104 Å². The van der Waals surface area contributed by atoms with Gasteiger partial charge in [-0.1, -0.05) is 80.6 Å². The number of nitrogens with zero attached hydrogens (tertiary/aromatic N) is 3. The highest BCUT2D eigenvalue weighted by molar-refractivity contribution is 6.11. The van der Waals surface area contributed by atoms with Gasteiger partial charge in [-0.2, -0.15) is 4.98 Å². The van der Waals surface area contributed by atoms with Crippen LogP contribution in [0.15, 0.2) is 150 Å². The Hall–Kier alpha value is -13.3. The number of H-pyrrole nitrogens is 1. The Bertz CT molecular complexity index is 5130. The number of benzene rings is 5. The fraction of sp³-hybridized carbons (Fsp3) is 0.342. The maximum Gasteiger partial charge on any atom is 0.339 e. The summed E-state index contributed by atoms with van der Waals surface area (Å²) in [5, 5.41) is 70.7. The Balaban J connectivity index is 0.840. The predicted molar refractivity (Wildman–Crippen MR) is 393 cm³/mol. The van der Waals surface area contributed by atoms with E-state index in [1.54, 1.807) is 78.9 Å². The molecular formula is C79H78N10O24. The van der Waals surface area contributed by atoms with Crippen molar-refractivity contribution >= 4 is 94.0 Å². The number of nitrogens with one attached hydrogen (secondary N) is 6. The molecule has 4 aliphatic rings. The number of aromatic nitrogens is 4. The lowest BCUT2D eigenvalue weighted by Gasteiger charge is -2.67. The van der Waals surface area contributed by atoms with Gasteiger partial charge in [0.1, 0.15) is 42.2 Å². The number of nitrogen functional groups attached to an aromatic ring is 1. The van der Waals surface area contributed by atoms with Gasteiger partial charge < -0.3 is 86.3 Å². The number of ether oxygens (including phenoxy) is 6. The summed E-state index contributed by atoms with van der Waals surface area (Å²) in [5.74, 6) is -14.0. The third-order valence-corrected chi connectivity index (χ3v) is 20.8. The van der Waals surface area contributed by atoms with Gasteiger partial charge in [-0.15, -0.1) is 0 Å². The number of Topliss-reactive ketones (excluding diaryl/α,β-unsaturated/α-hetero) is 1. The van der Waals surface area contributed by atoms with E-state index in [0.717, 1.165) is 13.8 Å². The number of carboxylic acids is 3. The molecule has 0 unspecified atom stereocenters. The number of rotatable bonds is 26. The summed E-state index contributed by atoms with van der Waals surface area (Å²) >= 11 is 0. The van der Waals surface area contributed by atoms with Gasteiger partial charge in [0.15, 0.2) is 34.8 Å². The molecule has 2 saturated carbocycles. The van der Waals surface area contributed by atoms with Gasteiger partial charge in [-0.25, -0.2) is 33.9 Å². The van der Waals surface area contributed by atoms with Crippen LogP contribution in [0.2, 0.25) is 0 Å². The van der Waals surface area contributed by atoms with Gasteiger partial charge in [0.25, 0.3) is 23.3 Å². The lowest BCUT2D eigenvalue weighted by atomic mass is 9.44. The molecule has 5 aromatic carbocycles. The number of nitrogens with two attached hydrogens (primary N) is 1. The molecule has 34 heteroatoms. The number of hydrogen-bond donors (Lipinski definition) is 12. The molecule has 2 bridgehead atoms. The first-order chi connectivity index (χ1) is 53.7. The Kier molecular flexibility index (Phi) is 23.7. The second-order valence-electron chi connectivity index (χ2n) is 28.1. The number of aliphatic hydroxyl groups excluding tert-OH is 1. The number of carbonyl (C=O) groups is 12. The molecule has 2 aromatic heterocycles. The number of carboxylic acid groups (broad SMARTS) is 3. The molecule has 3 heterocycles. The second-order valence-corrected chi connectivity index (χ2v) is 28.1. The summed E-state index contributed by atoms with van der Waals surface area (Å²) < 4.78 is 37.6. The van der Waals surface area contributed by atoms with Crippen LogP contribution in [-0.2, 0) is 63.7 Å². The van der Waals surface area contributed by atoms with Crippen LogP contribution in [0.3, 0.4) is 0 Å². The lowest BCUT2D eigenvalue weighted by Crippen LogP contribution is -2.82. The monoisotopic (exact) mass is 1550 g/mol. The van der Waals surface area contributed by atoms with Crippen LogP contribution in [0, 0.1) is 28.8 Å². The Morgan fingerprint density at radius 1 is 0.735 bits per heavy atom. The highest BCUT2D eigenvalue weighted by Crippen LogP contribution is 2.65. The van der Waals surface area contributed by atoms with Gasteiger partial charge in [0.05, 0.1) is 64.7 Å². The van der Waals surface area contributed by atoms with E-state index in [-0.39, 0.29) is 58.0 Å². The molecule has 0 spiro atoms. The summed E-state index contributed by atoms with van der Waals surface area (Å²) in [7, 11) is 0. The van der Waals surface area contributed by atoms with Crippen molar-refractivity contribution in [2.45, 2.75) is 134 Å². The highest BCUT2D eigenvalue weighted by atomic mass is 16.6. The van der Waals surface area contributed by atoms with Crippen LogP contribution < -0.4 is 37.9 Å². The smallest absolute Gasteiger partial charge is 0.339 e. The average Bonchev–Trinajstić information content (AvgIpc) is 0.667. The summed E-state index contributed by atoms with van der Waals surface area (Å²) in [6.07, 6.45) is -9.53. The molecule has 4 amide bonds. The molecule has 12 atom stereocenters. The zero-order valence-electron chi connectivity index (χ0n) is 61.5. The average molecular weight is 1550 g/mol. The fourth-order valence-electron chi connectivity index (χ4n) is 15.1. The number of anilines is 2. The van der Waals surface area contributed by atoms with E-state index in [0.29, 0.717) is 29.1 Å². The number of aromatic amines is 1. The molecule has 3 fully saturated rings. The molecule has 113 heavy (non-hydrogen) atoms. The molecule has 3 aliphatic carbocycles. The zero-order valence-corrected chi connectivity index (χ0v) is 61.5. The van der Waals surface area contributed by atoms with Crippen molar-refractivity contribution in [3.8, 4) is 12.0 Å². The number of aliphatic carboxylic acids is 1. The molecule has 1 aliphatic heterocycles. The summed E-state index contributed by atoms with van der Waals surface area (Å²) in [6, 6.07) is 28.1. The maximum atomic E-state index is 16.7. The highest BCUT2D eigenvalue weighted by Gasteiger charge is 2.79. The summed E-state index contributed by atoms with van der Waals surface area (Å²) in [5.41, 5.74) is -6.29. The standard InChI is InChI=1S/C79H78N10O24/c1-39-53(111-74(106)60(93)58(43-18-12-8-13-19-43)87-67(96)44-20-14-9-15-21-44)35-79(107)64(108-31-28-42-16-10-7-11-17-42)62-77(6,63(94)61(110-40(2)90)57(39)76(79,4)5)54(34-55-78(62,38-109-55)113-41(3)91)112-73(105)51-33-49(70(99)100)48(32-50(51)71(101)102)68(97)82-30-29-81-56(92)27-26-52(72(103)104)86-66(95)45-22-24-46(25-23-45)83-36-47-37-84-65-59(85-47)69(98)89-75(80)88-65/h7-25,32-33,37,52-55,58,60-62,64,83,93,107H,26-27,29-30,34-36,38H2,1-6H3,(H,81,92)(H,82,97)(H,86,95)(H,87,96)(H,99,100)(H,101,102)(H,103,104)(H3,80,84,88,89,98)/t52-,53-,54-,55+,58-,60+,61+,62-,64-,77+,78-,79+/m0/s1.